The normalized spacial score (nSPS) is 14.8. The Kier molecular flexibility index (Phi) is 5.51. The zero-order valence-corrected chi connectivity index (χ0v) is 8.76. The Bertz CT molecular complexity index is 105. The van der Waals surface area contributed by atoms with Gasteiger partial charge in [-0.25, -0.2) is 0 Å². The minimum atomic E-state index is -0.606. The van der Waals surface area contributed by atoms with Crippen molar-refractivity contribution >= 4 is 0 Å². The molecule has 1 atom stereocenters. The molecular formula is C10H22O2. The molecule has 0 aliphatic heterocycles. The minimum absolute atomic E-state index is 0.163. The molecule has 2 heteroatoms. The van der Waals surface area contributed by atoms with Gasteiger partial charge in [0.25, 0.3) is 0 Å². The van der Waals surface area contributed by atoms with Crippen molar-refractivity contribution in [1.29, 1.82) is 0 Å². The smallest absolute Gasteiger partial charge is 0.0616 e. The van der Waals surface area contributed by atoms with E-state index in [0.717, 1.165) is 19.4 Å². The van der Waals surface area contributed by atoms with Gasteiger partial charge in [0.05, 0.1) is 11.7 Å². The molecule has 0 aliphatic carbocycles. The third-order valence-electron chi connectivity index (χ3n) is 1.69. The highest BCUT2D eigenvalue weighted by molar-refractivity contribution is 4.68. The Morgan fingerprint density at radius 1 is 1.42 bits per heavy atom. The highest BCUT2D eigenvalue weighted by Crippen LogP contribution is 2.12. The van der Waals surface area contributed by atoms with Gasteiger partial charge in [-0.05, 0) is 27.2 Å². The van der Waals surface area contributed by atoms with Crippen molar-refractivity contribution < 1.29 is 9.84 Å². The number of hydrogen-bond donors (Lipinski definition) is 1. The standard InChI is InChI=1S/C10H22O2/c1-5-6-7-12-9(2)8-10(3,4)11/h9,11H,5-8H2,1-4H3/t9-/m1/s1. The second-order valence-corrected chi connectivity index (χ2v) is 4.05. The zero-order chi connectivity index (χ0) is 9.61. The number of aliphatic hydroxyl groups is 1. The van der Waals surface area contributed by atoms with Crippen LogP contribution in [-0.4, -0.2) is 23.4 Å². The molecule has 0 bridgehead atoms. The molecule has 0 rings (SSSR count). The molecule has 0 spiro atoms. The van der Waals surface area contributed by atoms with E-state index in [2.05, 4.69) is 6.92 Å². The van der Waals surface area contributed by atoms with Gasteiger partial charge >= 0.3 is 0 Å². The van der Waals surface area contributed by atoms with E-state index in [1.807, 2.05) is 20.8 Å². The first-order valence-electron chi connectivity index (χ1n) is 4.79. The Hall–Kier alpha value is -0.0800. The van der Waals surface area contributed by atoms with E-state index in [0.29, 0.717) is 6.42 Å². The van der Waals surface area contributed by atoms with Gasteiger partial charge in [-0.2, -0.15) is 0 Å². The lowest BCUT2D eigenvalue weighted by molar-refractivity contribution is -0.0129. The first kappa shape index (κ1) is 11.9. The van der Waals surface area contributed by atoms with Crippen LogP contribution in [-0.2, 0) is 4.74 Å². The van der Waals surface area contributed by atoms with E-state index >= 15 is 0 Å². The average molecular weight is 174 g/mol. The van der Waals surface area contributed by atoms with Gasteiger partial charge in [0, 0.05) is 13.0 Å². The molecular weight excluding hydrogens is 152 g/mol. The van der Waals surface area contributed by atoms with E-state index in [9.17, 15) is 5.11 Å². The van der Waals surface area contributed by atoms with E-state index in [-0.39, 0.29) is 6.10 Å². The van der Waals surface area contributed by atoms with Gasteiger partial charge in [-0.1, -0.05) is 13.3 Å². The number of hydrogen-bond acceptors (Lipinski definition) is 2. The summed E-state index contributed by atoms with van der Waals surface area (Å²) in [6.07, 6.45) is 3.14. The Balaban J connectivity index is 3.40. The van der Waals surface area contributed by atoms with Gasteiger partial charge in [-0.15, -0.1) is 0 Å². The largest absolute Gasteiger partial charge is 0.390 e. The van der Waals surface area contributed by atoms with Gasteiger partial charge in [0.15, 0.2) is 0 Å². The van der Waals surface area contributed by atoms with Crippen LogP contribution in [0.1, 0.15) is 47.0 Å². The summed E-state index contributed by atoms with van der Waals surface area (Å²) >= 11 is 0. The summed E-state index contributed by atoms with van der Waals surface area (Å²) in [5, 5.41) is 9.46. The van der Waals surface area contributed by atoms with Crippen molar-refractivity contribution in [2.24, 2.45) is 0 Å². The van der Waals surface area contributed by atoms with Crippen molar-refractivity contribution in [3.63, 3.8) is 0 Å². The summed E-state index contributed by atoms with van der Waals surface area (Å²) in [5.41, 5.74) is -0.606. The third-order valence-corrected chi connectivity index (χ3v) is 1.69. The van der Waals surface area contributed by atoms with E-state index in [4.69, 9.17) is 4.74 Å². The van der Waals surface area contributed by atoms with E-state index in [1.165, 1.54) is 0 Å². The Morgan fingerprint density at radius 2 is 2.00 bits per heavy atom. The van der Waals surface area contributed by atoms with Crippen LogP contribution in [0, 0.1) is 0 Å². The van der Waals surface area contributed by atoms with Gasteiger partial charge in [0.1, 0.15) is 0 Å². The lowest BCUT2D eigenvalue weighted by Gasteiger charge is -2.22. The zero-order valence-electron chi connectivity index (χ0n) is 8.76. The van der Waals surface area contributed by atoms with Gasteiger partial charge in [-0.3, -0.25) is 0 Å². The van der Waals surface area contributed by atoms with Crippen molar-refractivity contribution in [3.05, 3.63) is 0 Å². The Morgan fingerprint density at radius 3 is 2.42 bits per heavy atom. The predicted molar refractivity (Wildman–Crippen MR) is 51.2 cm³/mol. The minimum Gasteiger partial charge on any atom is -0.390 e. The molecule has 74 valence electrons. The monoisotopic (exact) mass is 174 g/mol. The maximum atomic E-state index is 9.46. The van der Waals surface area contributed by atoms with Crippen LogP contribution in [0.3, 0.4) is 0 Å². The molecule has 0 aromatic carbocycles. The van der Waals surface area contributed by atoms with Gasteiger partial charge < -0.3 is 9.84 Å². The van der Waals surface area contributed by atoms with Crippen LogP contribution in [0.5, 0.6) is 0 Å². The molecule has 0 aliphatic rings. The fraction of sp³-hybridized carbons (Fsp3) is 1.00. The van der Waals surface area contributed by atoms with Crippen molar-refractivity contribution in [2.45, 2.75) is 58.7 Å². The summed E-state index contributed by atoms with van der Waals surface area (Å²) < 4.78 is 5.50. The van der Waals surface area contributed by atoms with E-state index < -0.39 is 5.60 Å². The molecule has 2 nitrogen and oxygen atoms in total. The number of ether oxygens (including phenoxy) is 1. The average Bonchev–Trinajstić information content (AvgIpc) is 1.84. The lowest BCUT2D eigenvalue weighted by Crippen LogP contribution is -2.26. The molecule has 0 saturated carbocycles. The molecule has 1 N–H and O–H groups in total. The van der Waals surface area contributed by atoms with Crippen LogP contribution in [0.25, 0.3) is 0 Å². The van der Waals surface area contributed by atoms with E-state index in [1.54, 1.807) is 0 Å². The Labute approximate surface area is 75.9 Å². The maximum absolute atomic E-state index is 9.46. The number of rotatable bonds is 6. The molecule has 0 aromatic heterocycles. The SMILES string of the molecule is CCCCO[C@H](C)CC(C)(C)O. The fourth-order valence-electron chi connectivity index (χ4n) is 1.19. The molecule has 0 fully saturated rings. The van der Waals surface area contributed by atoms with Crippen LogP contribution in [0.4, 0.5) is 0 Å². The van der Waals surface area contributed by atoms with Crippen molar-refractivity contribution in [2.75, 3.05) is 6.61 Å². The van der Waals surface area contributed by atoms with Crippen LogP contribution < -0.4 is 0 Å². The van der Waals surface area contributed by atoms with Crippen molar-refractivity contribution in [1.82, 2.24) is 0 Å². The summed E-state index contributed by atoms with van der Waals surface area (Å²) in [6, 6.07) is 0. The van der Waals surface area contributed by atoms with Crippen LogP contribution >= 0.6 is 0 Å². The van der Waals surface area contributed by atoms with Crippen LogP contribution in [0.15, 0.2) is 0 Å². The van der Waals surface area contributed by atoms with Gasteiger partial charge in [0.2, 0.25) is 0 Å². The molecule has 0 aromatic rings. The first-order valence-corrected chi connectivity index (χ1v) is 4.79. The summed E-state index contributed by atoms with van der Waals surface area (Å²) in [6.45, 7) is 8.59. The summed E-state index contributed by atoms with van der Waals surface area (Å²) in [4.78, 5) is 0. The quantitative estimate of drug-likeness (QED) is 0.626. The summed E-state index contributed by atoms with van der Waals surface area (Å²) in [5.74, 6) is 0. The molecule has 12 heavy (non-hydrogen) atoms. The topological polar surface area (TPSA) is 29.5 Å². The van der Waals surface area contributed by atoms with Crippen molar-refractivity contribution in [3.8, 4) is 0 Å². The fourth-order valence-corrected chi connectivity index (χ4v) is 1.19. The molecule has 0 amide bonds. The maximum Gasteiger partial charge on any atom is 0.0616 e. The molecule has 0 saturated heterocycles. The molecule has 0 unspecified atom stereocenters. The summed E-state index contributed by atoms with van der Waals surface area (Å²) in [7, 11) is 0. The van der Waals surface area contributed by atoms with Crippen LogP contribution in [0.2, 0.25) is 0 Å². The second kappa shape index (κ2) is 5.55. The highest BCUT2D eigenvalue weighted by Gasteiger charge is 2.16. The molecule has 0 radical (unpaired) electrons. The third kappa shape index (κ3) is 8.02. The predicted octanol–water partition coefficient (Wildman–Crippen LogP) is 2.35. The molecule has 0 heterocycles. The number of unbranched alkanes of at least 4 members (excludes halogenated alkanes) is 1. The highest BCUT2D eigenvalue weighted by atomic mass is 16.5. The first-order chi connectivity index (χ1) is 5.45. The second-order valence-electron chi connectivity index (χ2n) is 4.05. The lowest BCUT2D eigenvalue weighted by atomic mass is 10.0.